The van der Waals surface area contributed by atoms with Crippen LogP contribution < -0.4 is 4.90 Å². The molecule has 3 nitrogen and oxygen atoms in total. The maximum absolute atomic E-state index is 12.1. The molecule has 0 unspecified atom stereocenters. The predicted octanol–water partition coefficient (Wildman–Crippen LogP) is 3.79. The summed E-state index contributed by atoms with van der Waals surface area (Å²) in [5.74, 6) is 0.308. The second-order valence-corrected chi connectivity index (χ2v) is 7.46. The monoisotopic (exact) mass is 326 g/mol. The summed E-state index contributed by atoms with van der Waals surface area (Å²) in [4.78, 5) is 17.0. The van der Waals surface area contributed by atoms with E-state index >= 15 is 0 Å². The molecule has 1 spiro atoms. The molecule has 2 heterocycles. The van der Waals surface area contributed by atoms with Gasteiger partial charge in [0.1, 0.15) is 0 Å². The van der Waals surface area contributed by atoms with Crippen molar-refractivity contribution in [3.05, 3.63) is 41.5 Å². The number of benzene rings is 1. The van der Waals surface area contributed by atoms with Gasteiger partial charge in [0.15, 0.2) is 5.78 Å². The minimum Gasteiger partial charge on any atom is -0.373 e. The lowest BCUT2D eigenvalue weighted by molar-refractivity contribution is -0.115. The number of Topliss-reactive ketones (excluding diaryl/α,β-unsaturated/α-hetero) is 1. The molecular weight excluding hydrogens is 296 g/mol. The number of likely N-dealkylation sites (N-methyl/N-ethyl adjacent to an activating group) is 1. The third-order valence-corrected chi connectivity index (χ3v) is 5.84. The minimum absolute atomic E-state index is 0.308. The Morgan fingerprint density at radius 3 is 2.67 bits per heavy atom. The summed E-state index contributed by atoms with van der Waals surface area (Å²) in [5, 5.41) is 0. The van der Waals surface area contributed by atoms with Gasteiger partial charge in [-0.2, -0.15) is 0 Å². The first-order chi connectivity index (χ1) is 11.6. The summed E-state index contributed by atoms with van der Waals surface area (Å²) >= 11 is 0. The van der Waals surface area contributed by atoms with E-state index in [1.807, 2.05) is 13.0 Å². The van der Waals surface area contributed by atoms with Crippen LogP contribution in [0.25, 0.3) is 0 Å². The van der Waals surface area contributed by atoms with Gasteiger partial charge in [0, 0.05) is 37.7 Å². The van der Waals surface area contributed by atoms with E-state index in [9.17, 15) is 4.79 Å². The maximum Gasteiger partial charge on any atom is 0.159 e. The Morgan fingerprint density at radius 1 is 1.25 bits per heavy atom. The molecule has 0 radical (unpaired) electrons. The molecule has 3 heteroatoms. The van der Waals surface area contributed by atoms with Crippen LogP contribution in [0.5, 0.6) is 0 Å². The van der Waals surface area contributed by atoms with E-state index in [4.69, 9.17) is 0 Å². The first kappa shape index (κ1) is 17.2. The third kappa shape index (κ3) is 3.27. The van der Waals surface area contributed by atoms with Gasteiger partial charge in [-0.3, -0.25) is 4.79 Å². The molecule has 0 N–H and O–H groups in total. The lowest BCUT2D eigenvalue weighted by Crippen LogP contribution is -2.45. The summed E-state index contributed by atoms with van der Waals surface area (Å²) < 4.78 is 0. The number of para-hydroxylation sites is 1. The Kier molecular flexibility index (Phi) is 5.09. The van der Waals surface area contributed by atoms with E-state index in [0.717, 1.165) is 38.2 Å². The molecule has 2 aliphatic heterocycles. The van der Waals surface area contributed by atoms with E-state index in [1.165, 1.54) is 24.1 Å². The lowest BCUT2D eigenvalue weighted by Gasteiger charge is -2.39. The van der Waals surface area contributed by atoms with Crippen molar-refractivity contribution in [2.45, 2.75) is 44.9 Å². The molecule has 130 valence electrons. The van der Waals surface area contributed by atoms with Gasteiger partial charge in [-0.15, -0.1) is 0 Å². The van der Waals surface area contributed by atoms with Crippen LogP contribution in [0.2, 0.25) is 0 Å². The van der Waals surface area contributed by atoms with Gasteiger partial charge in [-0.05, 0) is 56.5 Å². The lowest BCUT2D eigenvalue weighted by atomic mass is 9.74. The highest BCUT2D eigenvalue weighted by molar-refractivity contribution is 5.94. The topological polar surface area (TPSA) is 23.6 Å². The zero-order valence-electron chi connectivity index (χ0n) is 15.3. The van der Waals surface area contributed by atoms with Gasteiger partial charge in [0.25, 0.3) is 0 Å². The number of piperidine rings is 1. The first-order valence-corrected chi connectivity index (χ1v) is 9.29. The second-order valence-electron chi connectivity index (χ2n) is 7.46. The Hall–Kier alpha value is -1.61. The van der Waals surface area contributed by atoms with Crippen molar-refractivity contribution in [2.24, 2.45) is 0 Å². The SMILES string of the molecule is CC/C=C(\C)C(=O)CCN1CCC2(CC1)CN(C)c1ccccc12. The summed E-state index contributed by atoms with van der Waals surface area (Å²) in [7, 11) is 2.21. The number of carbonyl (C=O) groups is 1. The molecule has 2 aliphatic rings. The van der Waals surface area contributed by atoms with Crippen LogP contribution >= 0.6 is 0 Å². The van der Waals surface area contributed by atoms with Crippen LogP contribution in [-0.4, -0.2) is 43.9 Å². The number of fused-ring (bicyclic) bond motifs is 2. The van der Waals surface area contributed by atoms with Crippen LogP contribution in [0, 0.1) is 0 Å². The van der Waals surface area contributed by atoms with Crippen LogP contribution in [0.1, 0.15) is 45.1 Å². The fraction of sp³-hybridized carbons (Fsp3) is 0.571. The Labute approximate surface area is 146 Å². The van der Waals surface area contributed by atoms with E-state index in [0.29, 0.717) is 17.6 Å². The van der Waals surface area contributed by atoms with E-state index in [1.54, 1.807) is 0 Å². The van der Waals surface area contributed by atoms with Crippen LogP contribution in [0.15, 0.2) is 35.9 Å². The van der Waals surface area contributed by atoms with Crippen molar-refractivity contribution >= 4 is 11.5 Å². The minimum atomic E-state index is 0.308. The number of ketones is 1. The van der Waals surface area contributed by atoms with E-state index in [-0.39, 0.29) is 0 Å². The number of carbonyl (C=O) groups excluding carboxylic acids is 1. The largest absolute Gasteiger partial charge is 0.373 e. The number of rotatable bonds is 5. The molecule has 1 aromatic rings. The van der Waals surface area contributed by atoms with Crippen molar-refractivity contribution in [1.82, 2.24) is 4.90 Å². The van der Waals surface area contributed by atoms with Crippen LogP contribution in [0.4, 0.5) is 5.69 Å². The Morgan fingerprint density at radius 2 is 1.96 bits per heavy atom. The average molecular weight is 326 g/mol. The van der Waals surface area contributed by atoms with Gasteiger partial charge in [0.2, 0.25) is 0 Å². The van der Waals surface area contributed by atoms with Crippen molar-refractivity contribution < 1.29 is 4.79 Å². The number of nitrogens with zero attached hydrogens (tertiary/aromatic N) is 2. The highest BCUT2D eigenvalue weighted by atomic mass is 16.1. The molecule has 0 bridgehead atoms. The van der Waals surface area contributed by atoms with Gasteiger partial charge in [-0.1, -0.05) is 31.2 Å². The molecule has 0 aromatic heterocycles. The third-order valence-electron chi connectivity index (χ3n) is 5.84. The zero-order chi connectivity index (χ0) is 17.2. The fourth-order valence-corrected chi connectivity index (χ4v) is 4.39. The molecule has 0 atom stereocenters. The van der Waals surface area contributed by atoms with Crippen molar-refractivity contribution in [1.29, 1.82) is 0 Å². The summed E-state index contributed by atoms with van der Waals surface area (Å²) in [6.07, 6.45) is 6.04. The molecular formula is C21H30N2O. The van der Waals surface area contributed by atoms with Crippen molar-refractivity contribution in [3.8, 4) is 0 Å². The van der Waals surface area contributed by atoms with Gasteiger partial charge >= 0.3 is 0 Å². The smallest absolute Gasteiger partial charge is 0.159 e. The zero-order valence-corrected chi connectivity index (χ0v) is 15.3. The van der Waals surface area contributed by atoms with Gasteiger partial charge < -0.3 is 9.80 Å². The highest BCUT2D eigenvalue weighted by Crippen LogP contribution is 2.46. The van der Waals surface area contributed by atoms with Gasteiger partial charge in [-0.25, -0.2) is 0 Å². The quantitative estimate of drug-likeness (QED) is 0.769. The molecule has 1 saturated heterocycles. The maximum atomic E-state index is 12.1. The number of likely N-dealkylation sites (tertiary alicyclic amines) is 1. The van der Waals surface area contributed by atoms with E-state index in [2.05, 4.69) is 48.0 Å². The Bertz CT molecular complexity index is 626. The highest BCUT2D eigenvalue weighted by Gasteiger charge is 2.43. The number of hydrogen-bond donors (Lipinski definition) is 0. The second kappa shape index (κ2) is 7.10. The summed E-state index contributed by atoms with van der Waals surface area (Å²) in [6, 6.07) is 8.88. The predicted molar refractivity (Wildman–Crippen MR) is 101 cm³/mol. The Balaban J connectivity index is 1.57. The number of hydrogen-bond acceptors (Lipinski definition) is 3. The standard InChI is InChI=1S/C21H30N2O/c1-4-7-17(2)20(24)10-13-23-14-11-21(12-15-23)16-22(3)19-9-6-5-8-18(19)21/h5-9H,4,10-16H2,1-3H3/b17-7+. The fourth-order valence-electron chi connectivity index (χ4n) is 4.39. The van der Waals surface area contributed by atoms with E-state index < -0.39 is 0 Å². The van der Waals surface area contributed by atoms with Crippen LogP contribution in [-0.2, 0) is 10.2 Å². The van der Waals surface area contributed by atoms with Gasteiger partial charge in [0.05, 0.1) is 0 Å². The molecule has 1 aromatic carbocycles. The number of anilines is 1. The molecule has 0 amide bonds. The first-order valence-electron chi connectivity index (χ1n) is 9.29. The van der Waals surface area contributed by atoms with Crippen molar-refractivity contribution in [2.75, 3.05) is 38.1 Å². The molecule has 0 saturated carbocycles. The molecule has 24 heavy (non-hydrogen) atoms. The average Bonchev–Trinajstić information content (AvgIpc) is 2.87. The number of allylic oxidation sites excluding steroid dienone is 2. The molecule has 1 fully saturated rings. The summed E-state index contributed by atoms with van der Waals surface area (Å²) in [6.45, 7) is 8.27. The normalized spacial score (nSPS) is 20.5. The summed E-state index contributed by atoms with van der Waals surface area (Å²) in [5.41, 5.74) is 4.19. The molecule has 3 rings (SSSR count). The van der Waals surface area contributed by atoms with Crippen LogP contribution in [0.3, 0.4) is 0 Å². The van der Waals surface area contributed by atoms with Crippen molar-refractivity contribution in [3.63, 3.8) is 0 Å². The molecule has 0 aliphatic carbocycles.